The van der Waals surface area contributed by atoms with Crippen LogP contribution in [0, 0.1) is 0 Å². The van der Waals surface area contributed by atoms with E-state index in [4.69, 9.17) is 9.47 Å². The minimum absolute atomic E-state index is 0.00978. The van der Waals surface area contributed by atoms with Crippen molar-refractivity contribution in [2.24, 2.45) is 0 Å². The number of ether oxygens (including phenoxy) is 2. The van der Waals surface area contributed by atoms with Gasteiger partial charge in [0, 0.05) is 13.0 Å². The Morgan fingerprint density at radius 2 is 2.00 bits per heavy atom. The number of anilines is 1. The molecule has 1 atom stereocenters. The van der Waals surface area contributed by atoms with Gasteiger partial charge in [-0.05, 0) is 37.6 Å². The normalized spacial score (nSPS) is 15.1. The SMILES string of the molecule is CCOc1cccc(N2CC(Oc3ccc([C@H](C)NC(C)=O)cc3)C2)n1. The van der Waals surface area contributed by atoms with Crippen molar-refractivity contribution in [3.63, 3.8) is 0 Å². The number of rotatable bonds is 7. The smallest absolute Gasteiger partial charge is 0.217 e. The average Bonchev–Trinajstić information content (AvgIpc) is 2.58. The number of aromatic nitrogens is 1. The van der Waals surface area contributed by atoms with Crippen LogP contribution in [0.4, 0.5) is 5.82 Å². The van der Waals surface area contributed by atoms with Crippen molar-refractivity contribution in [3.05, 3.63) is 48.0 Å². The average molecular weight is 355 g/mol. The molecular formula is C20H25N3O3. The van der Waals surface area contributed by atoms with Gasteiger partial charge in [-0.1, -0.05) is 18.2 Å². The van der Waals surface area contributed by atoms with E-state index in [9.17, 15) is 4.79 Å². The fraction of sp³-hybridized carbons (Fsp3) is 0.400. The Morgan fingerprint density at radius 1 is 1.27 bits per heavy atom. The van der Waals surface area contributed by atoms with Gasteiger partial charge in [0.15, 0.2) is 0 Å². The lowest BCUT2D eigenvalue weighted by molar-refractivity contribution is -0.119. The van der Waals surface area contributed by atoms with Crippen molar-refractivity contribution < 1.29 is 14.3 Å². The van der Waals surface area contributed by atoms with Crippen LogP contribution in [0.15, 0.2) is 42.5 Å². The highest BCUT2D eigenvalue weighted by Gasteiger charge is 2.29. The lowest BCUT2D eigenvalue weighted by Gasteiger charge is -2.39. The number of nitrogens with one attached hydrogen (secondary N) is 1. The van der Waals surface area contributed by atoms with Crippen LogP contribution < -0.4 is 19.7 Å². The third kappa shape index (κ3) is 4.45. The first-order valence-electron chi connectivity index (χ1n) is 8.93. The lowest BCUT2D eigenvalue weighted by atomic mass is 10.1. The summed E-state index contributed by atoms with van der Waals surface area (Å²) in [5, 5.41) is 2.88. The van der Waals surface area contributed by atoms with Crippen LogP contribution >= 0.6 is 0 Å². The molecule has 0 unspecified atom stereocenters. The highest BCUT2D eigenvalue weighted by molar-refractivity contribution is 5.73. The highest BCUT2D eigenvalue weighted by atomic mass is 16.5. The molecule has 138 valence electrons. The maximum absolute atomic E-state index is 11.1. The Kier molecular flexibility index (Phi) is 5.61. The fourth-order valence-corrected chi connectivity index (χ4v) is 2.92. The van der Waals surface area contributed by atoms with Crippen LogP contribution in [0.25, 0.3) is 0 Å². The number of benzene rings is 1. The maximum atomic E-state index is 11.1. The van der Waals surface area contributed by atoms with E-state index in [1.165, 1.54) is 6.92 Å². The first-order valence-corrected chi connectivity index (χ1v) is 8.93. The summed E-state index contributed by atoms with van der Waals surface area (Å²) >= 11 is 0. The number of carbonyl (C=O) groups excluding carboxylic acids is 1. The Bertz CT molecular complexity index is 742. The molecule has 6 nitrogen and oxygen atoms in total. The van der Waals surface area contributed by atoms with Crippen molar-refractivity contribution in [2.45, 2.75) is 32.9 Å². The Morgan fingerprint density at radius 3 is 2.65 bits per heavy atom. The third-order valence-electron chi connectivity index (χ3n) is 4.28. The molecule has 0 aliphatic carbocycles. The second-order valence-electron chi connectivity index (χ2n) is 6.40. The molecule has 6 heteroatoms. The standard InChI is InChI=1S/C20H25N3O3/c1-4-25-20-7-5-6-19(22-20)23-12-18(13-23)26-17-10-8-16(9-11-17)14(2)21-15(3)24/h5-11,14,18H,4,12-13H2,1-3H3,(H,21,24)/t14-/m0/s1. The van der Waals surface area contributed by atoms with Crippen LogP contribution in [-0.4, -0.2) is 36.7 Å². The zero-order valence-corrected chi connectivity index (χ0v) is 15.4. The van der Waals surface area contributed by atoms with Gasteiger partial charge >= 0.3 is 0 Å². The molecule has 0 radical (unpaired) electrons. The van der Waals surface area contributed by atoms with Crippen LogP contribution in [0.5, 0.6) is 11.6 Å². The van der Waals surface area contributed by atoms with Gasteiger partial charge in [-0.15, -0.1) is 0 Å². The van der Waals surface area contributed by atoms with E-state index >= 15 is 0 Å². The molecule has 1 fully saturated rings. The number of hydrogen-bond acceptors (Lipinski definition) is 5. The maximum Gasteiger partial charge on any atom is 0.217 e. The number of amides is 1. The first-order chi connectivity index (χ1) is 12.5. The minimum atomic E-state index is -0.0330. The molecule has 0 saturated carbocycles. The van der Waals surface area contributed by atoms with Gasteiger partial charge in [-0.2, -0.15) is 4.98 Å². The second kappa shape index (κ2) is 8.08. The second-order valence-corrected chi connectivity index (χ2v) is 6.40. The summed E-state index contributed by atoms with van der Waals surface area (Å²) < 4.78 is 11.5. The van der Waals surface area contributed by atoms with Crippen molar-refractivity contribution in [2.75, 3.05) is 24.6 Å². The molecule has 0 bridgehead atoms. The van der Waals surface area contributed by atoms with Gasteiger partial charge in [0.05, 0.1) is 25.7 Å². The largest absolute Gasteiger partial charge is 0.487 e. The van der Waals surface area contributed by atoms with Crippen LogP contribution in [-0.2, 0) is 4.79 Å². The molecule has 26 heavy (non-hydrogen) atoms. The monoisotopic (exact) mass is 355 g/mol. The van der Waals surface area contributed by atoms with E-state index in [-0.39, 0.29) is 18.1 Å². The number of hydrogen-bond donors (Lipinski definition) is 1. The van der Waals surface area contributed by atoms with Gasteiger partial charge in [0.25, 0.3) is 0 Å². The van der Waals surface area contributed by atoms with Crippen molar-refractivity contribution in [1.82, 2.24) is 10.3 Å². The summed E-state index contributed by atoms with van der Waals surface area (Å²) in [6, 6.07) is 13.7. The van der Waals surface area contributed by atoms with Crippen molar-refractivity contribution in [3.8, 4) is 11.6 Å². The number of nitrogens with zero attached hydrogens (tertiary/aromatic N) is 2. The van der Waals surface area contributed by atoms with E-state index in [1.54, 1.807) is 0 Å². The third-order valence-corrected chi connectivity index (χ3v) is 4.28. The molecule has 2 aromatic rings. The minimum Gasteiger partial charge on any atom is -0.487 e. The molecule has 1 saturated heterocycles. The Labute approximate surface area is 154 Å². The van der Waals surface area contributed by atoms with Gasteiger partial charge in [-0.3, -0.25) is 4.79 Å². The lowest BCUT2D eigenvalue weighted by Crippen LogP contribution is -2.54. The van der Waals surface area contributed by atoms with Crippen LogP contribution in [0.2, 0.25) is 0 Å². The van der Waals surface area contributed by atoms with Crippen LogP contribution in [0.1, 0.15) is 32.4 Å². The molecule has 1 amide bonds. The topological polar surface area (TPSA) is 63.7 Å². The Balaban J connectivity index is 1.51. The summed E-state index contributed by atoms with van der Waals surface area (Å²) in [5.41, 5.74) is 1.06. The van der Waals surface area contributed by atoms with E-state index in [0.717, 1.165) is 30.2 Å². The molecular weight excluding hydrogens is 330 g/mol. The zero-order chi connectivity index (χ0) is 18.5. The van der Waals surface area contributed by atoms with Crippen molar-refractivity contribution in [1.29, 1.82) is 0 Å². The van der Waals surface area contributed by atoms with Gasteiger partial charge in [0.1, 0.15) is 17.7 Å². The van der Waals surface area contributed by atoms with Gasteiger partial charge in [-0.25, -0.2) is 0 Å². The summed E-state index contributed by atoms with van der Waals surface area (Å²) in [4.78, 5) is 17.8. The molecule has 2 heterocycles. The molecule has 0 spiro atoms. The summed E-state index contributed by atoms with van der Waals surface area (Å²) in [7, 11) is 0. The van der Waals surface area contributed by atoms with E-state index in [0.29, 0.717) is 12.5 Å². The van der Waals surface area contributed by atoms with Crippen molar-refractivity contribution >= 4 is 11.7 Å². The molecule has 1 N–H and O–H groups in total. The van der Waals surface area contributed by atoms with E-state index in [1.807, 2.05) is 56.3 Å². The Hall–Kier alpha value is -2.76. The summed E-state index contributed by atoms with van der Waals surface area (Å²) in [6.07, 6.45) is 0.145. The first kappa shape index (κ1) is 18.0. The van der Waals surface area contributed by atoms with Crippen LogP contribution in [0.3, 0.4) is 0 Å². The zero-order valence-electron chi connectivity index (χ0n) is 15.4. The summed E-state index contributed by atoms with van der Waals surface area (Å²) in [6.45, 7) is 7.64. The molecule has 1 aliphatic rings. The predicted molar refractivity (Wildman–Crippen MR) is 101 cm³/mol. The number of carbonyl (C=O) groups is 1. The predicted octanol–water partition coefficient (Wildman–Crippen LogP) is 2.95. The fourth-order valence-electron chi connectivity index (χ4n) is 2.92. The molecule has 1 aliphatic heterocycles. The summed E-state index contributed by atoms with van der Waals surface area (Å²) in [5.74, 6) is 2.37. The molecule has 3 rings (SSSR count). The van der Waals surface area contributed by atoms with Gasteiger partial charge < -0.3 is 19.7 Å². The molecule has 1 aromatic heterocycles. The van der Waals surface area contributed by atoms with E-state index in [2.05, 4.69) is 15.2 Å². The molecule has 1 aromatic carbocycles. The quantitative estimate of drug-likeness (QED) is 0.827. The highest BCUT2D eigenvalue weighted by Crippen LogP contribution is 2.25. The van der Waals surface area contributed by atoms with Gasteiger partial charge in [0.2, 0.25) is 11.8 Å². The number of pyridine rings is 1. The van der Waals surface area contributed by atoms with E-state index < -0.39 is 0 Å².